The van der Waals surface area contributed by atoms with E-state index in [-0.39, 0.29) is 0 Å². The Hall–Kier alpha value is -2.82. The Morgan fingerprint density at radius 2 is 1.81 bits per heavy atom. The summed E-state index contributed by atoms with van der Waals surface area (Å²) >= 11 is 0. The monoisotopic (exact) mass is 352 g/mol. The lowest BCUT2D eigenvalue weighted by Crippen LogP contribution is -2.59. The number of nitrogens with one attached hydrogen (secondary N) is 1. The van der Waals surface area contributed by atoms with Crippen molar-refractivity contribution in [2.45, 2.75) is 39.2 Å². The van der Waals surface area contributed by atoms with Gasteiger partial charge in [0.2, 0.25) is 0 Å². The van der Waals surface area contributed by atoms with Gasteiger partial charge in [-0.3, -0.25) is 9.59 Å². The van der Waals surface area contributed by atoms with Crippen LogP contribution in [0, 0.1) is 6.92 Å². The number of ether oxygens (including phenoxy) is 1. The van der Waals surface area contributed by atoms with E-state index in [2.05, 4.69) is 19.2 Å². The highest BCUT2D eigenvalue weighted by molar-refractivity contribution is 6.19. The molecular weight excluding hydrogens is 328 g/mol. The summed E-state index contributed by atoms with van der Waals surface area (Å²) in [6.45, 7) is 7.67. The molecular formula is C21H24N2O3. The molecule has 0 spiro atoms. The zero-order chi connectivity index (χ0) is 19.1. The van der Waals surface area contributed by atoms with Crippen LogP contribution in [-0.2, 0) is 9.59 Å². The molecule has 0 radical (unpaired) electrons. The van der Waals surface area contributed by atoms with Gasteiger partial charge in [0.15, 0.2) is 0 Å². The number of fused-ring (bicyclic) bond motifs is 1. The Labute approximate surface area is 154 Å². The molecule has 0 aromatic heterocycles. The quantitative estimate of drug-likeness (QED) is 0.853. The fraction of sp³-hybridized carbons (Fsp3) is 0.333. The number of rotatable bonds is 3. The van der Waals surface area contributed by atoms with E-state index in [1.807, 2.05) is 43.3 Å². The van der Waals surface area contributed by atoms with E-state index in [0.717, 1.165) is 5.56 Å². The normalized spacial score (nSPS) is 19.2. The summed E-state index contributed by atoms with van der Waals surface area (Å²) in [6, 6.07) is 13.2. The van der Waals surface area contributed by atoms with Gasteiger partial charge in [-0.1, -0.05) is 32.0 Å². The summed E-state index contributed by atoms with van der Waals surface area (Å²) in [5.41, 5.74) is 1.89. The van der Waals surface area contributed by atoms with Crippen LogP contribution >= 0.6 is 0 Å². The number of amides is 2. The smallest absolute Gasteiger partial charge is 0.280 e. The van der Waals surface area contributed by atoms with Gasteiger partial charge in [-0.2, -0.15) is 0 Å². The molecule has 2 aromatic carbocycles. The lowest BCUT2D eigenvalue weighted by molar-refractivity contribution is -0.144. The summed E-state index contributed by atoms with van der Waals surface area (Å²) in [4.78, 5) is 27.2. The second-order valence-corrected chi connectivity index (χ2v) is 7.20. The van der Waals surface area contributed by atoms with Gasteiger partial charge in [0.05, 0.1) is 5.69 Å². The molecule has 1 heterocycles. The lowest BCUT2D eigenvalue weighted by Gasteiger charge is -2.38. The summed E-state index contributed by atoms with van der Waals surface area (Å²) in [6.07, 6.45) is 0. The standard InChI is InChI=1S/C21H24N2O3/c1-13(2)15-7-9-16(10-8-15)22-19(24)21(4)20(25)23(5)17-12-14(3)6-11-18(17)26-21/h6-13H,1-5H3,(H,22,24). The number of nitrogens with zero attached hydrogens (tertiary/aromatic N) is 1. The SMILES string of the molecule is Cc1ccc2c(c1)N(C)C(=O)C(C)(C(=O)Nc1ccc(C(C)C)cc1)O2. The maximum Gasteiger partial charge on any atom is 0.280 e. The van der Waals surface area contributed by atoms with Crippen LogP contribution in [0.5, 0.6) is 5.75 Å². The van der Waals surface area contributed by atoms with Crippen LogP contribution in [0.25, 0.3) is 0 Å². The largest absolute Gasteiger partial charge is 0.465 e. The fourth-order valence-electron chi connectivity index (χ4n) is 3.01. The molecule has 5 nitrogen and oxygen atoms in total. The van der Waals surface area contributed by atoms with E-state index >= 15 is 0 Å². The van der Waals surface area contributed by atoms with Crippen molar-refractivity contribution in [3.8, 4) is 5.75 Å². The van der Waals surface area contributed by atoms with Crippen LogP contribution in [0.3, 0.4) is 0 Å². The number of carbonyl (C=O) groups is 2. The third-order valence-electron chi connectivity index (χ3n) is 4.77. The average molecular weight is 352 g/mol. The van der Waals surface area contributed by atoms with Crippen LogP contribution in [0.1, 0.15) is 37.8 Å². The van der Waals surface area contributed by atoms with E-state index in [9.17, 15) is 9.59 Å². The first-order valence-corrected chi connectivity index (χ1v) is 8.71. The Bertz CT molecular complexity index is 858. The van der Waals surface area contributed by atoms with Crippen LogP contribution in [0.2, 0.25) is 0 Å². The molecule has 26 heavy (non-hydrogen) atoms. The van der Waals surface area contributed by atoms with Crippen LogP contribution < -0.4 is 15.0 Å². The van der Waals surface area contributed by atoms with Crippen molar-refractivity contribution in [2.24, 2.45) is 0 Å². The maximum atomic E-state index is 12.9. The summed E-state index contributed by atoms with van der Waals surface area (Å²) < 4.78 is 5.85. The highest BCUT2D eigenvalue weighted by Gasteiger charge is 2.49. The van der Waals surface area contributed by atoms with Gasteiger partial charge in [0.25, 0.3) is 17.4 Å². The van der Waals surface area contributed by atoms with Crippen molar-refractivity contribution >= 4 is 23.2 Å². The minimum Gasteiger partial charge on any atom is -0.465 e. The molecule has 1 aliphatic heterocycles. The van der Waals surface area contributed by atoms with Crippen molar-refractivity contribution in [3.63, 3.8) is 0 Å². The van der Waals surface area contributed by atoms with Gasteiger partial charge < -0.3 is 15.0 Å². The molecule has 136 valence electrons. The van der Waals surface area contributed by atoms with Crippen molar-refractivity contribution in [2.75, 3.05) is 17.3 Å². The van der Waals surface area contributed by atoms with Crippen LogP contribution in [0.15, 0.2) is 42.5 Å². The predicted octanol–water partition coefficient (Wildman–Crippen LogP) is 3.87. The second-order valence-electron chi connectivity index (χ2n) is 7.20. The second kappa shape index (κ2) is 6.48. The molecule has 0 bridgehead atoms. The molecule has 2 aromatic rings. The van der Waals surface area contributed by atoms with Crippen molar-refractivity contribution in [1.82, 2.24) is 0 Å². The molecule has 1 aliphatic rings. The van der Waals surface area contributed by atoms with Gasteiger partial charge in [-0.25, -0.2) is 0 Å². The van der Waals surface area contributed by atoms with Gasteiger partial charge >= 0.3 is 0 Å². The maximum absolute atomic E-state index is 12.9. The first kappa shape index (κ1) is 18.0. The number of benzene rings is 2. The van der Waals surface area contributed by atoms with Crippen molar-refractivity contribution in [3.05, 3.63) is 53.6 Å². The molecule has 1 atom stereocenters. The van der Waals surface area contributed by atoms with E-state index < -0.39 is 17.4 Å². The van der Waals surface area contributed by atoms with Crippen molar-refractivity contribution < 1.29 is 14.3 Å². The summed E-state index contributed by atoms with van der Waals surface area (Å²) in [5, 5.41) is 2.80. The lowest BCUT2D eigenvalue weighted by atomic mass is 9.99. The average Bonchev–Trinajstić information content (AvgIpc) is 2.61. The number of anilines is 2. The predicted molar refractivity (Wildman–Crippen MR) is 103 cm³/mol. The first-order chi connectivity index (χ1) is 12.2. The summed E-state index contributed by atoms with van der Waals surface area (Å²) in [5.74, 6) is 0.0458. The third-order valence-corrected chi connectivity index (χ3v) is 4.77. The van der Waals surface area contributed by atoms with E-state index in [4.69, 9.17) is 4.74 Å². The molecule has 0 saturated heterocycles. The zero-order valence-corrected chi connectivity index (χ0v) is 15.8. The third kappa shape index (κ3) is 3.05. The molecule has 1 unspecified atom stereocenters. The number of aryl methyl sites for hydroxylation is 1. The van der Waals surface area contributed by atoms with Crippen LogP contribution in [0.4, 0.5) is 11.4 Å². The van der Waals surface area contributed by atoms with Gasteiger partial charge in [0.1, 0.15) is 5.75 Å². The Balaban J connectivity index is 1.86. The van der Waals surface area contributed by atoms with Gasteiger partial charge in [-0.15, -0.1) is 0 Å². The van der Waals surface area contributed by atoms with Gasteiger partial charge in [0, 0.05) is 12.7 Å². The molecule has 0 fully saturated rings. The topological polar surface area (TPSA) is 58.6 Å². The minimum absolute atomic E-state index is 0.396. The van der Waals surface area contributed by atoms with E-state index in [1.165, 1.54) is 17.4 Å². The van der Waals surface area contributed by atoms with Gasteiger partial charge in [-0.05, 0) is 55.2 Å². The zero-order valence-electron chi connectivity index (χ0n) is 15.8. The highest BCUT2D eigenvalue weighted by Crippen LogP contribution is 2.38. The van der Waals surface area contributed by atoms with Crippen molar-refractivity contribution in [1.29, 1.82) is 0 Å². The fourth-order valence-corrected chi connectivity index (χ4v) is 3.01. The number of hydrogen-bond acceptors (Lipinski definition) is 3. The molecule has 1 N–H and O–H groups in total. The molecule has 2 amide bonds. The molecule has 0 saturated carbocycles. The Morgan fingerprint density at radius 1 is 1.15 bits per heavy atom. The van der Waals surface area contributed by atoms with E-state index in [1.54, 1.807) is 13.1 Å². The molecule has 0 aliphatic carbocycles. The Morgan fingerprint density at radius 3 is 2.42 bits per heavy atom. The highest BCUT2D eigenvalue weighted by atomic mass is 16.5. The number of carbonyl (C=O) groups excluding carboxylic acids is 2. The molecule has 5 heteroatoms. The minimum atomic E-state index is -1.62. The molecule has 3 rings (SSSR count). The Kier molecular flexibility index (Phi) is 4.48. The first-order valence-electron chi connectivity index (χ1n) is 8.71. The number of likely N-dealkylation sites (N-methyl/N-ethyl adjacent to an activating group) is 1. The van der Waals surface area contributed by atoms with E-state index in [0.29, 0.717) is 23.0 Å². The number of hydrogen-bond donors (Lipinski definition) is 1. The van der Waals surface area contributed by atoms with Crippen LogP contribution in [-0.4, -0.2) is 24.5 Å². The summed E-state index contributed by atoms with van der Waals surface area (Å²) in [7, 11) is 1.66.